The van der Waals surface area contributed by atoms with E-state index in [0.717, 1.165) is 11.3 Å². The van der Waals surface area contributed by atoms with Gasteiger partial charge in [-0.3, -0.25) is 4.79 Å². The summed E-state index contributed by atoms with van der Waals surface area (Å²) in [4.78, 5) is 11.7. The fraction of sp³-hybridized carbons (Fsp3) is 0.350. The standard InChI is InChI=1S/C16H16O2.2C2H6/c1-3-16(17)13-9-12(2)10-15(11-13)18-14-7-5-4-6-8-14;2*1-2/h4-11H,3H2,1-2H3;2*1-2H3. The van der Waals surface area contributed by atoms with Crippen LogP contribution in [0.1, 0.15) is 57.0 Å². The topological polar surface area (TPSA) is 26.3 Å². The Hall–Kier alpha value is -2.09. The molecule has 0 radical (unpaired) electrons. The number of Topliss-reactive ketones (excluding diaryl/α,β-unsaturated/α-hetero) is 1. The van der Waals surface area contributed by atoms with E-state index in [2.05, 4.69) is 0 Å². The molecule has 2 heteroatoms. The van der Waals surface area contributed by atoms with E-state index in [4.69, 9.17) is 4.74 Å². The van der Waals surface area contributed by atoms with Crippen molar-refractivity contribution in [1.29, 1.82) is 0 Å². The summed E-state index contributed by atoms with van der Waals surface area (Å²) in [7, 11) is 0. The Morgan fingerprint density at radius 1 is 0.909 bits per heavy atom. The normalized spacial score (nSPS) is 8.82. The number of para-hydroxylation sites is 1. The molecule has 2 rings (SSSR count). The second kappa shape index (κ2) is 11.6. The van der Waals surface area contributed by atoms with Gasteiger partial charge in [0.05, 0.1) is 0 Å². The fourth-order valence-corrected chi connectivity index (χ4v) is 1.80. The molecule has 0 saturated carbocycles. The van der Waals surface area contributed by atoms with Gasteiger partial charge in [0, 0.05) is 12.0 Å². The Bertz CT molecular complexity index is 545. The number of benzene rings is 2. The van der Waals surface area contributed by atoms with E-state index >= 15 is 0 Å². The van der Waals surface area contributed by atoms with Crippen LogP contribution in [0, 0.1) is 6.92 Å². The minimum Gasteiger partial charge on any atom is -0.457 e. The lowest BCUT2D eigenvalue weighted by Gasteiger charge is -2.08. The lowest BCUT2D eigenvalue weighted by atomic mass is 10.1. The van der Waals surface area contributed by atoms with Crippen LogP contribution in [0.15, 0.2) is 48.5 Å². The summed E-state index contributed by atoms with van der Waals surface area (Å²) in [5.74, 6) is 1.62. The van der Waals surface area contributed by atoms with Crippen LogP contribution in [0.5, 0.6) is 11.5 Å². The molecule has 2 nitrogen and oxygen atoms in total. The Balaban J connectivity index is 0.00000102. The molecule has 22 heavy (non-hydrogen) atoms. The lowest BCUT2D eigenvalue weighted by Crippen LogP contribution is -1.97. The van der Waals surface area contributed by atoms with Gasteiger partial charge in [0.15, 0.2) is 5.78 Å². The number of carbonyl (C=O) groups excluding carboxylic acids is 1. The molecule has 0 bridgehead atoms. The molecule has 0 atom stereocenters. The van der Waals surface area contributed by atoms with Crippen molar-refractivity contribution < 1.29 is 9.53 Å². The molecule has 0 heterocycles. The highest BCUT2D eigenvalue weighted by atomic mass is 16.5. The highest BCUT2D eigenvalue weighted by Crippen LogP contribution is 2.24. The Morgan fingerprint density at radius 2 is 1.50 bits per heavy atom. The maximum Gasteiger partial charge on any atom is 0.162 e. The van der Waals surface area contributed by atoms with Crippen LogP contribution in [0.25, 0.3) is 0 Å². The summed E-state index contributed by atoms with van der Waals surface area (Å²) in [5, 5.41) is 0. The minimum absolute atomic E-state index is 0.136. The number of aryl methyl sites for hydroxylation is 1. The molecule has 2 aromatic rings. The van der Waals surface area contributed by atoms with Gasteiger partial charge in [-0.25, -0.2) is 0 Å². The average molecular weight is 300 g/mol. The summed E-state index contributed by atoms with van der Waals surface area (Å²) in [5.41, 5.74) is 1.74. The number of ketones is 1. The maximum atomic E-state index is 11.7. The van der Waals surface area contributed by atoms with E-state index in [1.54, 1.807) is 6.07 Å². The zero-order chi connectivity index (χ0) is 17.0. The largest absolute Gasteiger partial charge is 0.457 e. The predicted molar refractivity (Wildman–Crippen MR) is 95.0 cm³/mol. The maximum absolute atomic E-state index is 11.7. The third kappa shape index (κ3) is 6.57. The van der Waals surface area contributed by atoms with Crippen molar-refractivity contribution in [2.45, 2.75) is 48.0 Å². The van der Waals surface area contributed by atoms with E-state index in [0.29, 0.717) is 17.7 Å². The van der Waals surface area contributed by atoms with Gasteiger partial charge in [-0.1, -0.05) is 52.8 Å². The van der Waals surface area contributed by atoms with Crippen molar-refractivity contribution in [3.63, 3.8) is 0 Å². The highest BCUT2D eigenvalue weighted by Gasteiger charge is 2.06. The summed E-state index contributed by atoms with van der Waals surface area (Å²) in [6.45, 7) is 11.8. The van der Waals surface area contributed by atoms with Crippen LogP contribution < -0.4 is 4.74 Å². The average Bonchev–Trinajstić information content (AvgIpc) is 2.58. The number of carbonyl (C=O) groups is 1. The summed E-state index contributed by atoms with van der Waals surface area (Å²) in [6, 6.07) is 15.2. The number of hydrogen-bond donors (Lipinski definition) is 0. The van der Waals surface area contributed by atoms with E-state index < -0.39 is 0 Å². The molecule has 0 aliphatic carbocycles. The van der Waals surface area contributed by atoms with Crippen LogP contribution in [0.3, 0.4) is 0 Å². The van der Waals surface area contributed by atoms with Crippen LogP contribution in [0.4, 0.5) is 0 Å². The number of rotatable bonds is 4. The van der Waals surface area contributed by atoms with Gasteiger partial charge < -0.3 is 4.74 Å². The molecule has 0 unspecified atom stereocenters. The Kier molecular flexibility index (Phi) is 10.5. The second-order valence-corrected chi connectivity index (χ2v) is 4.23. The van der Waals surface area contributed by atoms with Gasteiger partial charge in [-0.05, 0) is 42.8 Å². The van der Waals surface area contributed by atoms with Crippen LogP contribution in [-0.4, -0.2) is 5.78 Å². The van der Waals surface area contributed by atoms with E-state index in [1.165, 1.54) is 0 Å². The third-order valence-corrected chi connectivity index (χ3v) is 2.67. The first-order chi connectivity index (χ1) is 10.7. The molecule has 0 aliphatic heterocycles. The molecule has 120 valence electrons. The van der Waals surface area contributed by atoms with Crippen molar-refractivity contribution in [1.82, 2.24) is 0 Å². The molecule has 0 saturated heterocycles. The molecule has 0 spiro atoms. The Labute approximate surface area is 135 Å². The molecule has 0 N–H and O–H groups in total. The van der Waals surface area contributed by atoms with Gasteiger partial charge in [-0.15, -0.1) is 0 Å². The van der Waals surface area contributed by atoms with Crippen molar-refractivity contribution in [2.24, 2.45) is 0 Å². The molecule has 0 aromatic heterocycles. The minimum atomic E-state index is 0.136. The quantitative estimate of drug-likeness (QED) is 0.608. The molecule has 2 aromatic carbocycles. The second-order valence-electron chi connectivity index (χ2n) is 4.23. The predicted octanol–water partition coefficient (Wildman–Crippen LogP) is 6.43. The summed E-state index contributed by atoms with van der Waals surface area (Å²) in [6.07, 6.45) is 0.508. The molecular weight excluding hydrogens is 272 g/mol. The third-order valence-electron chi connectivity index (χ3n) is 2.67. The molecular formula is C20H28O2. The van der Waals surface area contributed by atoms with E-state index in [9.17, 15) is 4.79 Å². The van der Waals surface area contributed by atoms with Crippen molar-refractivity contribution >= 4 is 5.78 Å². The monoisotopic (exact) mass is 300 g/mol. The van der Waals surface area contributed by atoms with Crippen molar-refractivity contribution in [2.75, 3.05) is 0 Å². The van der Waals surface area contributed by atoms with Gasteiger partial charge in [-0.2, -0.15) is 0 Å². The zero-order valence-corrected chi connectivity index (χ0v) is 14.6. The number of ether oxygens (including phenoxy) is 1. The fourth-order valence-electron chi connectivity index (χ4n) is 1.80. The highest BCUT2D eigenvalue weighted by molar-refractivity contribution is 5.96. The van der Waals surface area contributed by atoms with Crippen molar-refractivity contribution in [3.05, 3.63) is 59.7 Å². The first-order valence-corrected chi connectivity index (χ1v) is 8.07. The first-order valence-electron chi connectivity index (χ1n) is 8.07. The van der Waals surface area contributed by atoms with Crippen molar-refractivity contribution in [3.8, 4) is 11.5 Å². The summed E-state index contributed by atoms with van der Waals surface area (Å²) >= 11 is 0. The smallest absolute Gasteiger partial charge is 0.162 e. The van der Waals surface area contributed by atoms with Crippen LogP contribution in [0.2, 0.25) is 0 Å². The molecule has 0 aliphatic rings. The SMILES string of the molecule is CC.CC.CCC(=O)c1cc(C)cc(Oc2ccccc2)c1. The van der Waals surface area contributed by atoms with Gasteiger partial charge in [0.25, 0.3) is 0 Å². The van der Waals surface area contributed by atoms with E-state index in [-0.39, 0.29) is 5.78 Å². The summed E-state index contributed by atoms with van der Waals surface area (Å²) < 4.78 is 5.74. The number of hydrogen-bond acceptors (Lipinski definition) is 2. The lowest BCUT2D eigenvalue weighted by molar-refractivity contribution is 0.0988. The molecule has 0 amide bonds. The van der Waals surface area contributed by atoms with Crippen LogP contribution >= 0.6 is 0 Å². The Morgan fingerprint density at radius 3 is 2.05 bits per heavy atom. The van der Waals surface area contributed by atoms with Crippen LogP contribution in [-0.2, 0) is 0 Å². The van der Waals surface area contributed by atoms with Gasteiger partial charge in [0.1, 0.15) is 11.5 Å². The van der Waals surface area contributed by atoms with Gasteiger partial charge in [0.2, 0.25) is 0 Å². The zero-order valence-electron chi connectivity index (χ0n) is 14.6. The first kappa shape index (κ1) is 19.9. The van der Waals surface area contributed by atoms with Gasteiger partial charge >= 0.3 is 0 Å². The molecule has 0 fully saturated rings. The van der Waals surface area contributed by atoms with E-state index in [1.807, 2.05) is 84.0 Å².